The number of nitrogens with zero attached hydrogens (tertiary/aromatic N) is 2. The molecule has 0 aliphatic carbocycles. The average molecular weight is 329 g/mol. The monoisotopic (exact) mass is 329 g/mol. The third-order valence-corrected chi connectivity index (χ3v) is 4.15. The summed E-state index contributed by atoms with van der Waals surface area (Å²) in [5.74, 6) is 0. The van der Waals surface area contributed by atoms with Crippen LogP contribution in [0.5, 0.6) is 0 Å². The van der Waals surface area contributed by atoms with Crippen LogP contribution in [0.15, 0.2) is 24.3 Å². The Labute approximate surface area is 134 Å². The van der Waals surface area contributed by atoms with Gasteiger partial charge in [0.15, 0.2) is 0 Å². The van der Waals surface area contributed by atoms with Crippen LogP contribution in [0.1, 0.15) is 17.5 Å². The number of amides is 2. The molecule has 1 saturated heterocycles. The highest BCUT2D eigenvalue weighted by Crippen LogP contribution is 2.29. The highest BCUT2D eigenvalue weighted by Gasteiger charge is 2.30. The molecule has 1 heterocycles. The van der Waals surface area contributed by atoms with Gasteiger partial charge in [0.25, 0.3) is 0 Å². The first-order chi connectivity index (χ1) is 10.8. The van der Waals surface area contributed by atoms with Gasteiger partial charge in [0.2, 0.25) is 0 Å². The maximum atomic E-state index is 12.5. The Morgan fingerprint density at radius 1 is 1.30 bits per heavy atom. The van der Waals surface area contributed by atoms with Crippen molar-refractivity contribution in [3.63, 3.8) is 0 Å². The van der Waals surface area contributed by atoms with Crippen molar-refractivity contribution in [2.75, 3.05) is 33.7 Å². The number of nitrogens with one attached hydrogen (secondary N) is 1. The van der Waals surface area contributed by atoms with Gasteiger partial charge in [-0.15, -0.1) is 0 Å². The van der Waals surface area contributed by atoms with Crippen molar-refractivity contribution in [1.82, 2.24) is 15.1 Å². The van der Waals surface area contributed by atoms with Crippen molar-refractivity contribution in [2.45, 2.75) is 25.1 Å². The van der Waals surface area contributed by atoms with Gasteiger partial charge in [-0.2, -0.15) is 13.2 Å². The molecule has 1 aliphatic rings. The number of likely N-dealkylation sites (tertiary alicyclic amines) is 1. The number of likely N-dealkylation sites (N-methyl/N-ethyl adjacent to an activating group) is 1. The second-order valence-corrected chi connectivity index (χ2v) is 6.03. The predicted octanol–water partition coefficient (Wildman–Crippen LogP) is 2.59. The van der Waals surface area contributed by atoms with Crippen molar-refractivity contribution in [1.29, 1.82) is 0 Å². The normalized spacial score (nSPS) is 18.5. The quantitative estimate of drug-likeness (QED) is 0.922. The molecule has 23 heavy (non-hydrogen) atoms. The number of hydrogen-bond donors (Lipinski definition) is 1. The summed E-state index contributed by atoms with van der Waals surface area (Å²) in [6, 6.07) is 5.32. The zero-order valence-corrected chi connectivity index (χ0v) is 13.4. The second kappa shape index (κ2) is 7.21. The Balaban J connectivity index is 1.76. The van der Waals surface area contributed by atoms with E-state index in [4.69, 9.17) is 0 Å². The van der Waals surface area contributed by atoms with Gasteiger partial charge in [-0.25, -0.2) is 4.79 Å². The van der Waals surface area contributed by atoms with Crippen molar-refractivity contribution in [3.05, 3.63) is 35.4 Å². The average Bonchev–Trinajstić information content (AvgIpc) is 2.97. The van der Waals surface area contributed by atoms with Gasteiger partial charge < -0.3 is 15.1 Å². The number of rotatable bonds is 4. The first-order valence-electron chi connectivity index (χ1n) is 7.62. The number of halogens is 3. The molecular formula is C16H22F3N3O. The maximum Gasteiger partial charge on any atom is 0.416 e. The molecule has 2 rings (SSSR count). The summed E-state index contributed by atoms with van der Waals surface area (Å²) >= 11 is 0. The van der Waals surface area contributed by atoms with Crippen LogP contribution in [0.4, 0.5) is 18.0 Å². The topological polar surface area (TPSA) is 35.6 Å². The van der Waals surface area contributed by atoms with Crippen molar-refractivity contribution >= 4 is 6.03 Å². The second-order valence-electron chi connectivity index (χ2n) is 6.03. The molecule has 0 spiro atoms. The maximum absolute atomic E-state index is 12.5. The Kier molecular flexibility index (Phi) is 5.51. The van der Waals surface area contributed by atoms with Gasteiger partial charge in [0.1, 0.15) is 0 Å². The van der Waals surface area contributed by atoms with Gasteiger partial charge >= 0.3 is 12.2 Å². The molecule has 0 bridgehead atoms. The van der Waals surface area contributed by atoms with Crippen LogP contribution in [0, 0.1) is 0 Å². The molecule has 1 aromatic carbocycles. The summed E-state index contributed by atoms with van der Waals surface area (Å²) in [5.41, 5.74) is 0.114. The first-order valence-corrected chi connectivity index (χ1v) is 7.62. The fourth-order valence-electron chi connectivity index (χ4n) is 2.63. The van der Waals surface area contributed by atoms with Gasteiger partial charge in [-0.1, -0.05) is 12.1 Å². The van der Waals surface area contributed by atoms with E-state index in [2.05, 4.69) is 10.2 Å². The Morgan fingerprint density at radius 2 is 1.96 bits per heavy atom. The number of carbonyl (C=O) groups is 1. The minimum atomic E-state index is -4.31. The lowest BCUT2D eigenvalue weighted by molar-refractivity contribution is -0.137. The molecule has 1 atom stereocenters. The largest absolute Gasteiger partial charge is 0.416 e. The van der Waals surface area contributed by atoms with Crippen LogP contribution in [-0.2, 0) is 12.6 Å². The van der Waals surface area contributed by atoms with Gasteiger partial charge in [-0.05, 0) is 44.6 Å². The van der Waals surface area contributed by atoms with E-state index in [1.54, 1.807) is 4.90 Å². The van der Waals surface area contributed by atoms with Crippen LogP contribution in [0.3, 0.4) is 0 Å². The van der Waals surface area contributed by atoms with Crippen LogP contribution < -0.4 is 5.32 Å². The van der Waals surface area contributed by atoms with Crippen molar-refractivity contribution in [2.24, 2.45) is 0 Å². The highest BCUT2D eigenvalue weighted by molar-refractivity contribution is 5.74. The van der Waals surface area contributed by atoms with E-state index >= 15 is 0 Å². The highest BCUT2D eigenvalue weighted by atomic mass is 19.4. The number of carbonyl (C=O) groups excluding carboxylic acids is 1. The smallest absolute Gasteiger partial charge is 0.338 e. The minimum Gasteiger partial charge on any atom is -0.338 e. The molecule has 0 saturated carbocycles. The van der Waals surface area contributed by atoms with Gasteiger partial charge in [-0.3, -0.25) is 0 Å². The third kappa shape index (κ3) is 4.86. The summed E-state index contributed by atoms with van der Waals surface area (Å²) in [6.45, 7) is 1.85. The summed E-state index contributed by atoms with van der Waals surface area (Å²) in [5, 5.41) is 2.82. The van der Waals surface area contributed by atoms with Crippen LogP contribution >= 0.6 is 0 Å². The molecule has 0 radical (unpaired) electrons. The molecule has 128 valence electrons. The Bertz CT molecular complexity index is 528. The summed E-state index contributed by atoms with van der Waals surface area (Å²) in [6.07, 6.45) is -2.85. The van der Waals surface area contributed by atoms with Crippen molar-refractivity contribution in [3.8, 4) is 0 Å². The standard InChI is InChI=1S/C16H22F3N3O/c1-21(2)14-8-10-22(11-14)15(23)20-9-7-12-3-5-13(6-4-12)16(17,18)19/h3-6,14H,7-11H2,1-2H3,(H,20,23). The Morgan fingerprint density at radius 3 is 2.48 bits per heavy atom. The molecule has 1 fully saturated rings. The Hall–Kier alpha value is -1.76. The number of urea groups is 1. The third-order valence-electron chi connectivity index (χ3n) is 4.15. The lowest BCUT2D eigenvalue weighted by atomic mass is 10.1. The lowest BCUT2D eigenvalue weighted by Gasteiger charge is -2.20. The van der Waals surface area contributed by atoms with Crippen molar-refractivity contribution < 1.29 is 18.0 Å². The zero-order valence-electron chi connectivity index (χ0n) is 13.4. The molecule has 1 unspecified atom stereocenters. The van der Waals surface area contributed by atoms with Gasteiger partial charge in [0.05, 0.1) is 5.56 Å². The van der Waals surface area contributed by atoms with Crippen LogP contribution in [-0.4, -0.2) is 55.6 Å². The first kappa shape index (κ1) is 17.6. The van der Waals surface area contributed by atoms with E-state index in [0.29, 0.717) is 25.6 Å². The summed E-state index contributed by atoms with van der Waals surface area (Å²) < 4.78 is 37.4. The zero-order chi connectivity index (χ0) is 17.0. The van der Waals surface area contributed by atoms with Crippen LogP contribution in [0.2, 0.25) is 0 Å². The number of benzene rings is 1. The van der Waals surface area contributed by atoms with E-state index in [0.717, 1.165) is 30.7 Å². The molecule has 1 N–H and O–H groups in total. The summed E-state index contributed by atoms with van der Waals surface area (Å²) in [4.78, 5) is 15.9. The van der Waals surface area contributed by atoms with E-state index < -0.39 is 11.7 Å². The molecular weight excluding hydrogens is 307 g/mol. The molecule has 2 amide bonds. The molecule has 4 nitrogen and oxygen atoms in total. The fraction of sp³-hybridized carbons (Fsp3) is 0.562. The SMILES string of the molecule is CN(C)C1CCN(C(=O)NCCc2ccc(C(F)(F)F)cc2)C1. The molecule has 1 aromatic rings. The van der Waals surface area contributed by atoms with Crippen LogP contribution in [0.25, 0.3) is 0 Å². The number of alkyl halides is 3. The van der Waals surface area contributed by atoms with E-state index in [9.17, 15) is 18.0 Å². The minimum absolute atomic E-state index is 0.110. The molecule has 1 aliphatic heterocycles. The van der Waals surface area contributed by atoms with Gasteiger partial charge in [0, 0.05) is 25.7 Å². The van der Waals surface area contributed by atoms with E-state index in [-0.39, 0.29) is 6.03 Å². The molecule has 7 heteroatoms. The predicted molar refractivity (Wildman–Crippen MR) is 82.2 cm³/mol. The van der Waals surface area contributed by atoms with E-state index in [1.807, 2.05) is 14.1 Å². The lowest BCUT2D eigenvalue weighted by Crippen LogP contribution is -2.41. The number of hydrogen-bond acceptors (Lipinski definition) is 2. The summed E-state index contributed by atoms with van der Waals surface area (Å²) in [7, 11) is 3.99. The fourth-order valence-corrected chi connectivity index (χ4v) is 2.63. The van der Waals surface area contributed by atoms with E-state index in [1.165, 1.54) is 12.1 Å². The molecule has 0 aromatic heterocycles.